The lowest BCUT2D eigenvalue weighted by Crippen LogP contribution is -2.40. The molecule has 1 unspecified atom stereocenters. The summed E-state index contributed by atoms with van der Waals surface area (Å²) in [5.74, 6) is 0.332. The molecule has 1 N–H and O–H groups in total. The highest BCUT2D eigenvalue weighted by Gasteiger charge is 2.25. The molecule has 0 aliphatic carbocycles. The maximum atomic E-state index is 12.5. The zero-order chi connectivity index (χ0) is 19.1. The predicted octanol–water partition coefficient (Wildman–Crippen LogP) is 3.08. The van der Waals surface area contributed by atoms with E-state index in [9.17, 15) is 9.59 Å². The van der Waals surface area contributed by atoms with Gasteiger partial charge in [0.25, 0.3) is 5.91 Å². The van der Waals surface area contributed by atoms with E-state index in [0.717, 1.165) is 31.4 Å². The Labute approximate surface area is 163 Å². The molecule has 2 amide bonds. The SMILES string of the molecule is O=C(CCC1CCCN(C(=O)c2ccnnc2)C1)NCc1ccccc1Cl. The first-order chi connectivity index (χ1) is 13.1. The summed E-state index contributed by atoms with van der Waals surface area (Å²) in [5.41, 5.74) is 1.47. The second-order valence-electron chi connectivity index (χ2n) is 6.80. The van der Waals surface area contributed by atoms with Crippen molar-refractivity contribution in [1.82, 2.24) is 20.4 Å². The third-order valence-corrected chi connectivity index (χ3v) is 5.22. The van der Waals surface area contributed by atoms with E-state index in [-0.39, 0.29) is 11.8 Å². The summed E-state index contributed by atoms with van der Waals surface area (Å²) < 4.78 is 0. The molecule has 1 aliphatic rings. The molecule has 2 heterocycles. The van der Waals surface area contributed by atoms with Crippen LogP contribution in [0.3, 0.4) is 0 Å². The van der Waals surface area contributed by atoms with Gasteiger partial charge in [-0.25, -0.2) is 0 Å². The third-order valence-electron chi connectivity index (χ3n) is 4.85. The molecule has 3 rings (SSSR count). The fourth-order valence-corrected chi connectivity index (χ4v) is 3.55. The van der Waals surface area contributed by atoms with Crippen molar-refractivity contribution < 1.29 is 9.59 Å². The van der Waals surface area contributed by atoms with Gasteiger partial charge in [-0.05, 0) is 42.9 Å². The number of likely N-dealkylation sites (tertiary alicyclic amines) is 1. The summed E-state index contributed by atoms with van der Waals surface area (Å²) in [5, 5.41) is 11.1. The lowest BCUT2D eigenvalue weighted by Gasteiger charge is -2.32. The number of amides is 2. The van der Waals surface area contributed by atoms with Crippen molar-refractivity contribution >= 4 is 23.4 Å². The Hall–Kier alpha value is -2.47. The molecule has 6 nitrogen and oxygen atoms in total. The molecule has 7 heteroatoms. The first-order valence-electron chi connectivity index (χ1n) is 9.19. The lowest BCUT2D eigenvalue weighted by atomic mass is 9.93. The molecule has 1 atom stereocenters. The van der Waals surface area contributed by atoms with Crippen molar-refractivity contribution in [2.45, 2.75) is 32.2 Å². The van der Waals surface area contributed by atoms with Crippen molar-refractivity contribution in [1.29, 1.82) is 0 Å². The molecule has 142 valence electrons. The van der Waals surface area contributed by atoms with E-state index in [2.05, 4.69) is 15.5 Å². The van der Waals surface area contributed by atoms with Gasteiger partial charge < -0.3 is 10.2 Å². The summed E-state index contributed by atoms with van der Waals surface area (Å²) in [6.45, 7) is 1.86. The van der Waals surface area contributed by atoms with Crippen LogP contribution in [-0.2, 0) is 11.3 Å². The minimum atomic E-state index is -0.0160. The zero-order valence-corrected chi connectivity index (χ0v) is 15.9. The normalized spacial score (nSPS) is 16.8. The average molecular weight is 387 g/mol. The Morgan fingerprint density at radius 2 is 2.07 bits per heavy atom. The fourth-order valence-electron chi connectivity index (χ4n) is 3.34. The van der Waals surface area contributed by atoms with Gasteiger partial charge in [0, 0.05) is 31.1 Å². The van der Waals surface area contributed by atoms with Gasteiger partial charge in [-0.1, -0.05) is 29.8 Å². The highest BCUT2D eigenvalue weighted by atomic mass is 35.5. The Bertz CT molecular complexity index is 785. The second-order valence-corrected chi connectivity index (χ2v) is 7.20. The molecule has 2 aromatic rings. The molecule has 1 saturated heterocycles. The number of nitrogens with zero attached hydrogens (tertiary/aromatic N) is 3. The van der Waals surface area contributed by atoms with Crippen LogP contribution in [0.2, 0.25) is 5.02 Å². The maximum Gasteiger partial charge on any atom is 0.255 e. The number of carbonyl (C=O) groups is 2. The number of benzene rings is 1. The van der Waals surface area contributed by atoms with Gasteiger partial charge >= 0.3 is 0 Å². The van der Waals surface area contributed by atoms with Gasteiger partial charge in [0.05, 0.1) is 18.0 Å². The largest absolute Gasteiger partial charge is 0.352 e. The van der Waals surface area contributed by atoms with Crippen molar-refractivity contribution in [2.24, 2.45) is 5.92 Å². The predicted molar refractivity (Wildman–Crippen MR) is 103 cm³/mol. The quantitative estimate of drug-likeness (QED) is 0.827. The zero-order valence-electron chi connectivity index (χ0n) is 15.1. The summed E-state index contributed by atoms with van der Waals surface area (Å²) in [4.78, 5) is 26.6. The van der Waals surface area contributed by atoms with Crippen LogP contribution in [0.4, 0.5) is 0 Å². The van der Waals surface area contributed by atoms with Gasteiger partial charge in [-0.15, -0.1) is 0 Å². The first-order valence-corrected chi connectivity index (χ1v) is 9.57. The molecule has 1 aliphatic heterocycles. The van der Waals surface area contributed by atoms with Crippen LogP contribution in [-0.4, -0.2) is 40.0 Å². The summed E-state index contributed by atoms with van der Waals surface area (Å²) >= 11 is 6.11. The fraction of sp³-hybridized carbons (Fsp3) is 0.400. The molecule has 0 spiro atoms. The first kappa shape index (κ1) is 19.3. The number of hydrogen-bond acceptors (Lipinski definition) is 4. The van der Waals surface area contributed by atoms with Crippen molar-refractivity contribution in [3.63, 3.8) is 0 Å². The van der Waals surface area contributed by atoms with E-state index in [1.807, 2.05) is 29.2 Å². The molecule has 1 fully saturated rings. The lowest BCUT2D eigenvalue weighted by molar-refractivity contribution is -0.121. The van der Waals surface area contributed by atoms with E-state index >= 15 is 0 Å². The highest BCUT2D eigenvalue weighted by molar-refractivity contribution is 6.31. The minimum absolute atomic E-state index is 0.0108. The van der Waals surface area contributed by atoms with Crippen LogP contribution >= 0.6 is 11.6 Å². The second kappa shape index (κ2) is 9.46. The average Bonchev–Trinajstić information content (AvgIpc) is 2.72. The Kier molecular flexibility index (Phi) is 6.76. The summed E-state index contributed by atoms with van der Waals surface area (Å²) in [6.07, 6.45) is 6.24. The Morgan fingerprint density at radius 1 is 1.22 bits per heavy atom. The standard InChI is InChI=1S/C20H23ClN4O2/c21-18-6-2-1-5-16(18)12-22-19(26)8-7-15-4-3-11-25(14-15)20(27)17-9-10-23-24-13-17/h1-2,5-6,9-10,13,15H,3-4,7-8,11-12,14H2,(H,22,26). The Balaban J connectivity index is 1.44. The van der Waals surface area contributed by atoms with Gasteiger partial charge in [0.1, 0.15) is 0 Å². The van der Waals surface area contributed by atoms with E-state index in [4.69, 9.17) is 11.6 Å². The molecule has 0 saturated carbocycles. The molecule has 0 radical (unpaired) electrons. The molecular weight excluding hydrogens is 364 g/mol. The van der Waals surface area contributed by atoms with E-state index in [1.165, 1.54) is 12.4 Å². The van der Waals surface area contributed by atoms with Crippen LogP contribution < -0.4 is 5.32 Å². The van der Waals surface area contributed by atoms with Crippen molar-refractivity contribution in [3.05, 3.63) is 58.9 Å². The van der Waals surface area contributed by atoms with Gasteiger partial charge in [0.2, 0.25) is 5.91 Å². The molecule has 1 aromatic heterocycles. The van der Waals surface area contributed by atoms with Gasteiger partial charge in [-0.3, -0.25) is 9.59 Å². The van der Waals surface area contributed by atoms with Crippen LogP contribution in [0.15, 0.2) is 42.7 Å². The number of rotatable bonds is 6. The van der Waals surface area contributed by atoms with E-state index in [1.54, 1.807) is 6.07 Å². The maximum absolute atomic E-state index is 12.5. The number of aromatic nitrogens is 2. The monoisotopic (exact) mass is 386 g/mol. The van der Waals surface area contributed by atoms with E-state index < -0.39 is 0 Å². The van der Waals surface area contributed by atoms with Crippen LogP contribution in [0.1, 0.15) is 41.6 Å². The van der Waals surface area contributed by atoms with Crippen LogP contribution in [0, 0.1) is 5.92 Å². The number of nitrogens with one attached hydrogen (secondary N) is 1. The number of halogens is 1. The molecule has 27 heavy (non-hydrogen) atoms. The van der Waals surface area contributed by atoms with Gasteiger partial charge in [0.15, 0.2) is 0 Å². The number of hydrogen-bond donors (Lipinski definition) is 1. The molecule has 0 bridgehead atoms. The van der Waals surface area contributed by atoms with E-state index in [0.29, 0.717) is 36.0 Å². The van der Waals surface area contributed by atoms with Crippen LogP contribution in [0.5, 0.6) is 0 Å². The van der Waals surface area contributed by atoms with Gasteiger partial charge in [-0.2, -0.15) is 10.2 Å². The van der Waals surface area contributed by atoms with Crippen molar-refractivity contribution in [2.75, 3.05) is 13.1 Å². The minimum Gasteiger partial charge on any atom is -0.352 e. The number of carbonyl (C=O) groups excluding carboxylic acids is 2. The molecular formula is C20H23ClN4O2. The topological polar surface area (TPSA) is 75.2 Å². The Morgan fingerprint density at radius 3 is 2.85 bits per heavy atom. The molecule has 1 aromatic carbocycles. The van der Waals surface area contributed by atoms with Crippen molar-refractivity contribution in [3.8, 4) is 0 Å². The smallest absolute Gasteiger partial charge is 0.255 e. The highest BCUT2D eigenvalue weighted by Crippen LogP contribution is 2.22. The third kappa shape index (κ3) is 5.50. The number of piperidine rings is 1. The van der Waals surface area contributed by atoms with Crippen LogP contribution in [0.25, 0.3) is 0 Å². The summed E-state index contributed by atoms with van der Waals surface area (Å²) in [6, 6.07) is 9.17. The summed E-state index contributed by atoms with van der Waals surface area (Å²) in [7, 11) is 0.